The van der Waals surface area contributed by atoms with Crippen LogP contribution in [0.4, 0.5) is 0 Å². The summed E-state index contributed by atoms with van der Waals surface area (Å²) in [6.07, 6.45) is 3.42. The molecule has 6 nitrogen and oxygen atoms in total. The molecule has 2 N–H and O–H groups in total. The molecule has 0 radical (unpaired) electrons. The summed E-state index contributed by atoms with van der Waals surface area (Å²) in [6, 6.07) is 10.9. The Kier molecular flexibility index (Phi) is 4.34. The van der Waals surface area contributed by atoms with E-state index in [0.717, 1.165) is 29.3 Å². The highest BCUT2D eigenvalue weighted by molar-refractivity contribution is 5.98. The van der Waals surface area contributed by atoms with Crippen LogP contribution in [0.25, 0.3) is 10.9 Å². The Bertz CT molecular complexity index is 1070. The molecule has 6 heteroatoms. The number of hydrogen-bond acceptors (Lipinski definition) is 5. The van der Waals surface area contributed by atoms with Gasteiger partial charge in [-0.05, 0) is 55.2 Å². The van der Waals surface area contributed by atoms with Gasteiger partial charge < -0.3 is 19.9 Å². The molecule has 1 amide bonds. The van der Waals surface area contributed by atoms with Crippen molar-refractivity contribution in [1.29, 1.82) is 0 Å². The van der Waals surface area contributed by atoms with Crippen molar-refractivity contribution in [1.82, 2.24) is 10.3 Å². The number of carbonyl (C=O) groups excluding carboxylic acids is 1. The van der Waals surface area contributed by atoms with Gasteiger partial charge in [-0.3, -0.25) is 9.78 Å². The Labute approximate surface area is 163 Å². The Hall–Kier alpha value is -3.28. The average molecular weight is 378 g/mol. The molecule has 1 aliphatic rings. The van der Waals surface area contributed by atoms with Crippen molar-refractivity contribution >= 4 is 16.8 Å². The number of aryl methyl sites for hydroxylation is 1. The van der Waals surface area contributed by atoms with Crippen molar-refractivity contribution in [2.24, 2.45) is 0 Å². The molecule has 1 aromatic heterocycles. The fourth-order valence-electron chi connectivity index (χ4n) is 3.62. The number of hydrogen-bond donors (Lipinski definition) is 2. The monoisotopic (exact) mass is 378 g/mol. The molecule has 144 valence electrons. The van der Waals surface area contributed by atoms with Crippen LogP contribution in [0.15, 0.2) is 42.6 Å². The van der Waals surface area contributed by atoms with Gasteiger partial charge in [-0.1, -0.05) is 6.07 Å². The van der Waals surface area contributed by atoms with Crippen LogP contribution in [0, 0.1) is 6.92 Å². The minimum absolute atomic E-state index is 0.0162. The zero-order valence-electron chi connectivity index (χ0n) is 16.1. The molecule has 0 spiro atoms. The first-order valence-electron chi connectivity index (χ1n) is 9.11. The molecular weight excluding hydrogens is 356 g/mol. The second-order valence-corrected chi connectivity index (χ2v) is 7.12. The van der Waals surface area contributed by atoms with E-state index in [1.54, 1.807) is 26.3 Å². The van der Waals surface area contributed by atoms with Gasteiger partial charge in [-0.25, -0.2) is 0 Å². The van der Waals surface area contributed by atoms with Gasteiger partial charge in [0.15, 0.2) is 11.5 Å². The summed E-state index contributed by atoms with van der Waals surface area (Å²) in [6.45, 7) is 1.79. The number of phenols is 1. The normalized spacial score (nSPS) is 14.5. The van der Waals surface area contributed by atoms with Gasteiger partial charge in [0, 0.05) is 23.2 Å². The predicted octanol–water partition coefficient (Wildman–Crippen LogP) is 3.69. The lowest BCUT2D eigenvalue weighted by Gasteiger charge is -2.21. The van der Waals surface area contributed by atoms with Crippen LogP contribution in [0.1, 0.15) is 34.3 Å². The van der Waals surface area contributed by atoms with Gasteiger partial charge in [-0.15, -0.1) is 0 Å². The molecule has 2 aromatic carbocycles. The van der Waals surface area contributed by atoms with Gasteiger partial charge in [-0.2, -0.15) is 0 Å². The Morgan fingerprint density at radius 1 is 1.18 bits per heavy atom. The van der Waals surface area contributed by atoms with Crippen LogP contribution in [0.2, 0.25) is 0 Å². The lowest BCUT2D eigenvalue weighted by atomic mass is 9.97. The quantitative estimate of drug-likeness (QED) is 0.708. The van der Waals surface area contributed by atoms with E-state index >= 15 is 0 Å². The minimum Gasteiger partial charge on any atom is -0.504 e. The minimum atomic E-state index is -0.454. The molecule has 1 aliphatic carbocycles. The molecule has 4 rings (SSSR count). The lowest BCUT2D eigenvalue weighted by Crippen LogP contribution is -2.35. The first-order valence-corrected chi connectivity index (χ1v) is 9.11. The number of amides is 1. The molecule has 3 aromatic rings. The number of nitrogens with one attached hydrogen (secondary N) is 1. The number of rotatable bonds is 5. The maximum Gasteiger partial charge on any atom is 0.252 e. The van der Waals surface area contributed by atoms with Crippen molar-refractivity contribution < 1.29 is 19.4 Å². The zero-order chi connectivity index (χ0) is 19.9. The number of methoxy groups -OCH3 is 2. The van der Waals surface area contributed by atoms with E-state index in [0.29, 0.717) is 16.9 Å². The number of aromatic hydroxyl groups is 1. The second kappa shape index (κ2) is 6.71. The topological polar surface area (TPSA) is 80.7 Å². The lowest BCUT2D eigenvalue weighted by molar-refractivity contribution is 0.0930. The number of pyridine rings is 1. The molecule has 1 heterocycles. The number of fused-ring (bicyclic) bond motifs is 1. The first kappa shape index (κ1) is 18.1. The van der Waals surface area contributed by atoms with Crippen molar-refractivity contribution in [3.63, 3.8) is 0 Å². The van der Waals surface area contributed by atoms with Gasteiger partial charge in [0.1, 0.15) is 5.75 Å². The first-order chi connectivity index (χ1) is 13.5. The molecule has 0 unspecified atom stereocenters. The SMILES string of the molecule is COc1cc(C2(NC(=O)c3cc(OC)c(O)cc3C)CC2)c2cccnc2c1. The van der Waals surface area contributed by atoms with Crippen LogP contribution in [0.3, 0.4) is 0 Å². The maximum absolute atomic E-state index is 13.1. The van der Waals surface area contributed by atoms with Gasteiger partial charge in [0.05, 0.1) is 25.3 Å². The van der Waals surface area contributed by atoms with Crippen LogP contribution >= 0.6 is 0 Å². The van der Waals surface area contributed by atoms with E-state index in [2.05, 4.69) is 10.3 Å². The predicted molar refractivity (Wildman–Crippen MR) is 106 cm³/mol. The number of benzene rings is 2. The van der Waals surface area contributed by atoms with E-state index in [4.69, 9.17) is 9.47 Å². The van der Waals surface area contributed by atoms with Gasteiger partial charge in [0.2, 0.25) is 0 Å². The summed E-state index contributed by atoms with van der Waals surface area (Å²) >= 11 is 0. The fraction of sp³-hybridized carbons (Fsp3) is 0.273. The van der Waals surface area contributed by atoms with Crippen molar-refractivity contribution in [2.75, 3.05) is 14.2 Å². The van der Waals surface area contributed by atoms with E-state index in [1.165, 1.54) is 13.2 Å². The van der Waals surface area contributed by atoms with Crippen LogP contribution in [-0.2, 0) is 5.54 Å². The second-order valence-electron chi connectivity index (χ2n) is 7.12. The summed E-state index contributed by atoms with van der Waals surface area (Å²) in [5.41, 5.74) is 2.55. The van der Waals surface area contributed by atoms with Crippen molar-refractivity contribution in [3.8, 4) is 17.2 Å². The molecule has 28 heavy (non-hydrogen) atoms. The summed E-state index contributed by atoms with van der Waals surface area (Å²) in [5.74, 6) is 0.802. The summed E-state index contributed by atoms with van der Waals surface area (Å²) in [7, 11) is 3.09. The molecule has 1 saturated carbocycles. The molecule has 0 saturated heterocycles. The van der Waals surface area contributed by atoms with Crippen LogP contribution in [0.5, 0.6) is 17.2 Å². The maximum atomic E-state index is 13.1. The summed E-state index contributed by atoms with van der Waals surface area (Å²) in [5, 5.41) is 14.1. The van der Waals surface area contributed by atoms with Gasteiger partial charge in [0.25, 0.3) is 5.91 Å². The Morgan fingerprint density at radius 3 is 2.64 bits per heavy atom. The molecule has 0 atom stereocenters. The third kappa shape index (κ3) is 3.01. The third-order valence-electron chi connectivity index (χ3n) is 5.32. The molecule has 0 bridgehead atoms. The fourth-order valence-corrected chi connectivity index (χ4v) is 3.62. The van der Waals surface area contributed by atoms with Crippen molar-refractivity contribution in [3.05, 3.63) is 59.3 Å². The van der Waals surface area contributed by atoms with E-state index in [1.807, 2.05) is 24.3 Å². The van der Waals surface area contributed by atoms with Crippen LogP contribution in [-0.4, -0.2) is 30.2 Å². The van der Waals surface area contributed by atoms with E-state index < -0.39 is 5.54 Å². The van der Waals surface area contributed by atoms with E-state index in [9.17, 15) is 9.90 Å². The average Bonchev–Trinajstić information content (AvgIpc) is 3.47. The molecule has 1 fully saturated rings. The molecule has 0 aliphatic heterocycles. The number of aromatic nitrogens is 1. The Balaban J connectivity index is 1.73. The van der Waals surface area contributed by atoms with Crippen LogP contribution < -0.4 is 14.8 Å². The number of phenolic OH excluding ortho intramolecular Hbond substituents is 1. The number of carbonyl (C=O) groups is 1. The summed E-state index contributed by atoms with van der Waals surface area (Å²) < 4.78 is 10.6. The number of nitrogens with zero attached hydrogens (tertiary/aromatic N) is 1. The standard InChI is InChI=1S/C22H22N2O4/c1-13-9-19(25)20(28-3)12-16(13)21(26)24-22(6-7-22)17-10-14(27-2)11-18-15(17)5-4-8-23-18/h4-5,8-12,25H,6-7H2,1-3H3,(H,24,26). The third-order valence-corrected chi connectivity index (χ3v) is 5.32. The van der Waals surface area contributed by atoms with Crippen molar-refractivity contribution in [2.45, 2.75) is 25.3 Å². The van der Waals surface area contributed by atoms with E-state index in [-0.39, 0.29) is 17.4 Å². The number of ether oxygens (including phenoxy) is 2. The highest BCUT2D eigenvalue weighted by atomic mass is 16.5. The smallest absolute Gasteiger partial charge is 0.252 e. The Morgan fingerprint density at radius 2 is 1.96 bits per heavy atom. The largest absolute Gasteiger partial charge is 0.504 e. The zero-order valence-corrected chi connectivity index (χ0v) is 16.1. The highest BCUT2D eigenvalue weighted by Gasteiger charge is 2.47. The summed E-state index contributed by atoms with van der Waals surface area (Å²) in [4.78, 5) is 17.5. The highest BCUT2D eigenvalue weighted by Crippen LogP contribution is 2.49. The van der Waals surface area contributed by atoms with Gasteiger partial charge >= 0.3 is 0 Å². The molecular formula is C22H22N2O4.